The topological polar surface area (TPSA) is 77.2 Å². The van der Waals surface area contributed by atoms with Crippen LogP contribution in [0.2, 0.25) is 0 Å². The minimum Gasteiger partial charge on any atom is -0.378 e. The largest absolute Gasteiger partial charge is 0.378 e. The third kappa shape index (κ3) is 4.67. The lowest BCUT2D eigenvalue weighted by atomic mass is 9.98. The van der Waals surface area contributed by atoms with Crippen LogP contribution in [0.25, 0.3) is 0 Å². The molecule has 0 unspecified atom stereocenters. The minimum atomic E-state index is -0.469. The van der Waals surface area contributed by atoms with Crippen LogP contribution < -0.4 is 10.3 Å². The molecule has 0 aliphatic heterocycles. The van der Waals surface area contributed by atoms with Crippen LogP contribution in [-0.4, -0.2) is 30.3 Å². The van der Waals surface area contributed by atoms with Crippen LogP contribution in [0.3, 0.4) is 0 Å². The van der Waals surface area contributed by atoms with Gasteiger partial charge < -0.3 is 4.90 Å². The average molecular weight is 356 g/mol. The molecule has 1 heterocycles. The van der Waals surface area contributed by atoms with Crippen LogP contribution >= 0.6 is 0 Å². The average Bonchev–Trinajstić information content (AvgIpc) is 2.70. The second-order valence-corrected chi connectivity index (χ2v) is 6.16. The van der Waals surface area contributed by atoms with E-state index < -0.39 is 5.92 Å². The number of nitrogens with zero attached hydrogens (tertiary/aromatic N) is 5. The summed E-state index contributed by atoms with van der Waals surface area (Å²) in [6.07, 6.45) is 4.90. The molecule has 27 heavy (non-hydrogen) atoms. The zero-order chi connectivity index (χ0) is 19.1. The van der Waals surface area contributed by atoms with E-state index in [4.69, 9.17) is 0 Å². The molecule has 0 bridgehead atoms. The van der Waals surface area contributed by atoms with Gasteiger partial charge in [-0.2, -0.15) is 10.4 Å². The van der Waals surface area contributed by atoms with E-state index in [9.17, 15) is 5.26 Å². The zero-order valence-corrected chi connectivity index (χ0v) is 15.2. The third-order valence-corrected chi connectivity index (χ3v) is 4.01. The van der Waals surface area contributed by atoms with Crippen LogP contribution in [0.5, 0.6) is 0 Å². The second kappa shape index (κ2) is 8.59. The number of rotatable bonds is 6. The Bertz CT molecular complexity index is 942. The summed E-state index contributed by atoms with van der Waals surface area (Å²) in [5.74, 6) is 0.0212. The summed E-state index contributed by atoms with van der Waals surface area (Å²) in [5.41, 5.74) is 6.44. The van der Waals surface area contributed by atoms with Gasteiger partial charge in [0.2, 0.25) is 0 Å². The number of benzene rings is 2. The SMILES string of the molecule is CN(C)c1ccc(/C=N\Nc2cncc([C@H](C#N)c3ccccc3)n2)cc1. The van der Waals surface area contributed by atoms with E-state index in [0.717, 1.165) is 16.8 Å². The predicted molar refractivity (Wildman–Crippen MR) is 108 cm³/mol. The second-order valence-electron chi connectivity index (χ2n) is 6.16. The highest BCUT2D eigenvalue weighted by Crippen LogP contribution is 2.22. The summed E-state index contributed by atoms with van der Waals surface area (Å²) in [4.78, 5) is 10.7. The molecule has 3 aromatic rings. The predicted octanol–water partition coefficient (Wildman–Crippen LogP) is 3.64. The Kier molecular flexibility index (Phi) is 5.75. The van der Waals surface area contributed by atoms with Crippen molar-refractivity contribution < 1.29 is 0 Å². The van der Waals surface area contributed by atoms with E-state index in [1.807, 2.05) is 73.6 Å². The molecule has 0 radical (unpaired) electrons. The molecular weight excluding hydrogens is 336 g/mol. The Morgan fingerprint density at radius 2 is 1.81 bits per heavy atom. The van der Waals surface area contributed by atoms with E-state index in [-0.39, 0.29) is 0 Å². The molecular formula is C21H20N6. The molecule has 0 spiro atoms. The molecule has 0 saturated heterocycles. The fourth-order valence-electron chi connectivity index (χ4n) is 2.56. The molecule has 6 nitrogen and oxygen atoms in total. The van der Waals surface area contributed by atoms with Gasteiger partial charge >= 0.3 is 0 Å². The summed E-state index contributed by atoms with van der Waals surface area (Å²) < 4.78 is 0. The van der Waals surface area contributed by atoms with Gasteiger partial charge in [-0.05, 0) is 23.3 Å². The lowest BCUT2D eigenvalue weighted by Gasteiger charge is -2.11. The lowest BCUT2D eigenvalue weighted by molar-refractivity contribution is 0.941. The normalized spacial score (nSPS) is 11.7. The Morgan fingerprint density at radius 1 is 1.07 bits per heavy atom. The number of nitrogens with one attached hydrogen (secondary N) is 1. The molecule has 1 atom stereocenters. The van der Waals surface area contributed by atoms with Gasteiger partial charge in [0.25, 0.3) is 0 Å². The highest BCUT2D eigenvalue weighted by Gasteiger charge is 2.15. The maximum atomic E-state index is 9.54. The number of aromatic nitrogens is 2. The summed E-state index contributed by atoms with van der Waals surface area (Å²) in [6.45, 7) is 0. The van der Waals surface area contributed by atoms with Crippen molar-refractivity contribution in [3.63, 3.8) is 0 Å². The molecule has 0 fully saturated rings. The van der Waals surface area contributed by atoms with E-state index in [0.29, 0.717) is 11.5 Å². The van der Waals surface area contributed by atoms with Crippen LogP contribution in [-0.2, 0) is 0 Å². The first-order chi connectivity index (χ1) is 13.2. The highest BCUT2D eigenvalue weighted by atomic mass is 15.3. The quantitative estimate of drug-likeness (QED) is 0.539. The van der Waals surface area contributed by atoms with Gasteiger partial charge in [0.05, 0.1) is 30.4 Å². The van der Waals surface area contributed by atoms with Crippen molar-refractivity contribution in [3.8, 4) is 6.07 Å². The number of hydrogen-bond donors (Lipinski definition) is 1. The van der Waals surface area contributed by atoms with Gasteiger partial charge in [-0.1, -0.05) is 42.5 Å². The smallest absolute Gasteiger partial charge is 0.165 e. The monoisotopic (exact) mass is 356 g/mol. The molecule has 2 aromatic carbocycles. The fourth-order valence-corrected chi connectivity index (χ4v) is 2.56. The zero-order valence-electron chi connectivity index (χ0n) is 15.2. The van der Waals surface area contributed by atoms with E-state index in [1.165, 1.54) is 0 Å². The van der Waals surface area contributed by atoms with Gasteiger partial charge in [-0.25, -0.2) is 4.98 Å². The lowest BCUT2D eigenvalue weighted by Crippen LogP contribution is -2.08. The standard InChI is InChI=1S/C21H20N6/c1-27(2)18-10-8-16(9-11-18)13-24-26-21-15-23-14-20(25-21)19(12-22)17-6-4-3-5-7-17/h3-11,13-15,19H,1-2H3,(H,25,26)/b24-13-/t19-/m1/s1. The van der Waals surface area contributed by atoms with Gasteiger partial charge in [-0.15, -0.1) is 0 Å². The molecule has 0 aliphatic carbocycles. The van der Waals surface area contributed by atoms with Crippen molar-refractivity contribution in [1.82, 2.24) is 9.97 Å². The Balaban J connectivity index is 1.71. The van der Waals surface area contributed by atoms with Gasteiger partial charge in [0, 0.05) is 19.8 Å². The van der Waals surface area contributed by atoms with Crippen LogP contribution in [0.4, 0.5) is 11.5 Å². The first-order valence-corrected chi connectivity index (χ1v) is 8.50. The molecule has 0 aliphatic rings. The molecule has 0 amide bonds. The van der Waals surface area contributed by atoms with Crippen molar-refractivity contribution in [3.05, 3.63) is 83.8 Å². The molecule has 6 heteroatoms. The Labute approximate surface area is 158 Å². The van der Waals surface area contributed by atoms with Crippen LogP contribution in [0.15, 0.2) is 72.1 Å². The van der Waals surface area contributed by atoms with Crippen LogP contribution in [0, 0.1) is 11.3 Å². The highest BCUT2D eigenvalue weighted by molar-refractivity contribution is 5.80. The summed E-state index contributed by atoms with van der Waals surface area (Å²) in [7, 11) is 4.00. The third-order valence-electron chi connectivity index (χ3n) is 4.01. The first kappa shape index (κ1) is 18.1. The molecule has 3 rings (SSSR count). The van der Waals surface area contributed by atoms with Crippen molar-refractivity contribution in [2.45, 2.75) is 5.92 Å². The molecule has 0 saturated carbocycles. The summed E-state index contributed by atoms with van der Waals surface area (Å²) >= 11 is 0. The van der Waals surface area contributed by atoms with E-state index >= 15 is 0 Å². The Morgan fingerprint density at radius 3 is 2.48 bits per heavy atom. The Hall–Kier alpha value is -3.72. The first-order valence-electron chi connectivity index (χ1n) is 8.50. The van der Waals surface area contributed by atoms with Crippen LogP contribution in [0.1, 0.15) is 22.7 Å². The van der Waals surface area contributed by atoms with Gasteiger partial charge in [0.1, 0.15) is 5.92 Å². The minimum absolute atomic E-state index is 0.469. The maximum absolute atomic E-state index is 9.54. The van der Waals surface area contributed by atoms with Crippen molar-refractivity contribution in [1.29, 1.82) is 5.26 Å². The summed E-state index contributed by atoms with van der Waals surface area (Å²) in [6, 6.07) is 19.9. The molecule has 134 valence electrons. The van der Waals surface area contributed by atoms with Crippen molar-refractivity contribution in [2.24, 2.45) is 5.10 Å². The number of hydrogen-bond acceptors (Lipinski definition) is 6. The molecule has 1 aromatic heterocycles. The number of anilines is 2. The van der Waals surface area contributed by atoms with Gasteiger partial charge in [-0.3, -0.25) is 10.4 Å². The summed E-state index contributed by atoms with van der Waals surface area (Å²) in [5, 5.41) is 13.8. The van der Waals surface area contributed by atoms with Gasteiger partial charge in [0.15, 0.2) is 5.82 Å². The van der Waals surface area contributed by atoms with E-state index in [1.54, 1.807) is 18.6 Å². The van der Waals surface area contributed by atoms with E-state index in [2.05, 4.69) is 26.6 Å². The fraction of sp³-hybridized carbons (Fsp3) is 0.143. The molecule has 1 N–H and O–H groups in total. The number of hydrazone groups is 1. The van der Waals surface area contributed by atoms with Crippen molar-refractivity contribution in [2.75, 3.05) is 24.4 Å². The van der Waals surface area contributed by atoms with Crippen molar-refractivity contribution >= 4 is 17.7 Å². The maximum Gasteiger partial charge on any atom is 0.165 e. The number of nitriles is 1.